The maximum atomic E-state index is 10.9. The molecule has 0 atom stereocenters. The molecule has 3 nitrogen and oxygen atoms in total. The summed E-state index contributed by atoms with van der Waals surface area (Å²) in [7, 11) is 0. The molecule has 1 rings (SSSR count). The summed E-state index contributed by atoms with van der Waals surface area (Å²) in [4.78, 5) is 10.9. The number of ether oxygens (including phenoxy) is 1. The predicted molar refractivity (Wildman–Crippen MR) is 66.9 cm³/mol. The third kappa shape index (κ3) is 6.06. The smallest absolute Gasteiger partial charge is 0.408 e. The largest absolute Gasteiger partial charge is 0.522 e. The Bertz CT molecular complexity index is 305. The van der Waals surface area contributed by atoms with Crippen LogP contribution in [-0.4, -0.2) is 10.1 Å². The normalized spacial score (nSPS) is 10.1. The maximum Gasteiger partial charge on any atom is 0.522 e. The van der Waals surface area contributed by atoms with E-state index in [-0.39, 0.29) is 0 Å². The van der Waals surface area contributed by atoms with Gasteiger partial charge in [-0.2, -0.15) is 0 Å². The topological polar surface area (TPSA) is 35.5 Å². The molecular formula is C9H8Br2O3S. The molecule has 15 heavy (non-hydrogen) atoms. The van der Waals surface area contributed by atoms with Crippen LogP contribution in [0.25, 0.3) is 0 Å². The predicted octanol–water partition coefficient (Wildman–Crippen LogP) is 4.06. The van der Waals surface area contributed by atoms with Crippen LogP contribution in [0.1, 0.15) is 5.56 Å². The van der Waals surface area contributed by atoms with Gasteiger partial charge in [0.25, 0.3) is 0 Å². The lowest BCUT2D eigenvalue weighted by Gasteiger charge is -2.04. The van der Waals surface area contributed by atoms with Crippen molar-refractivity contribution in [2.75, 3.05) is 0 Å². The average molecular weight is 356 g/mol. The van der Waals surface area contributed by atoms with Crippen LogP contribution in [0, 0.1) is 0 Å². The van der Waals surface area contributed by atoms with Gasteiger partial charge in [0.15, 0.2) is 0 Å². The summed E-state index contributed by atoms with van der Waals surface area (Å²) in [6.07, 6.45) is -0.727. The summed E-state index contributed by atoms with van der Waals surface area (Å²) >= 11 is 7.03. The van der Waals surface area contributed by atoms with Gasteiger partial charge >= 0.3 is 6.16 Å². The number of halogens is 2. The molecule has 0 N–H and O–H groups in total. The minimum absolute atomic E-state index is 0.519. The third-order valence-corrected chi connectivity index (χ3v) is 2.46. The molecule has 0 aromatic heterocycles. The number of carbonyl (C=O) groups is 1. The van der Waals surface area contributed by atoms with Crippen molar-refractivity contribution >= 4 is 50.1 Å². The summed E-state index contributed by atoms with van der Waals surface area (Å²) < 4.78 is 8.87. The van der Waals surface area contributed by atoms with Crippen LogP contribution >= 0.6 is 43.9 Å². The number of carbonyl (C=O) groups excluding carboxylic acids is 1. The second-order valence-corrected chi connectivity index (χ2v) is 6.04. The highest BCUT2D eigenvalue weighted by atomic mass is 79.9. The molecule has 0 aliphatic heterocycles. The number of hydrogen-bond acceptors (Lipinski definition) is 4. The molecule has 0 aliphatic rings. The molecule has 0 heterocycles. The summed E-state index contributed by atoms with van der Waals surface area (Å²) in [5, 5.41) is 0. The lowest BCUT2D eigenvalue weighted by molar-refractivity contribution is 0.120. The Morgan fingerprint density at radius 2 is 2.00 bits per heavy atom. The Morgan fingerprint density at radius 1 is 1.33 bits per heavy atom. The molecule has 0 spiro atoms. The Morgan fingerprint density at radius 3 is 2.60 bits per heavy atom. The van der Waals surface area contributed by atoms with E-state index in [1.807, 2.05) is 30.3 Å². The molecule has 0 saturated carbocycles. The summed E-state index contributed by atoms with van der Waals surface area (Å²) in [6.45, 7) is 0. The summed E-state index contributed by atoms with van der Waals surface area (Å²) in [6, 6.07) is 9.71. The van der Waals surface area contributed by atoms with Gasteiger partial charge in [0, 0.05) is 0 Å². The van der Waals surface area contributed by atoms with Gasteiger partial charge in [-0.3, -0.25) is 0 Å². The van der Waals surface area contributed by atoms with Crippen LogP contribution in [0.5, 0.6) is 0 Å². The van der Waals surface area contributed by atoms with E-state index in [4.69, 9.17) is 4.18 Å². The van der Waals surface area contributed by atoms with Gasteiger partial charge in [0.1, 0.15) is 0 Å². The summed E-state index contributed by atoms with van der Waals surface area (Å²) in [5.74, 6) is 0.602. The number of rotatable bonds is 4. The van der Waals surface area contributed by atoms with Gasteiger partial charge < -0.3 is 8.92 Å². The van der Waals surface area contributed by atoms with Crippen LogP contribution in [0.3, 0.4) is 0 Å². The molecule has 0 saturated heterocycles. The fourth-order valence-corrected chi connectivity index (χ4v) is 1.64. The molecule has 0 radical (unpaired) electrons. The fourth-order valence-electron chi connectivity index (χ4n) is 0.812. The fraction of sp³-hybridized carbons (Fsp3) is 0.222. The van der Waals surface area contributed by atoms with Crippen LogP contribution in [0.4, 0.5) is 4.79 Å². The Hall–Kier alpha value is -0.200. The molecule has 0 bridgehead atoms. The van der Waals surface area contributed by atoms with E-state index in [1.165, 1.54) is 0 Å². The van der Waals surface area contributed by atoms with Crippen LogP contribution in [0.15, 0.2) is 30.3 Å². The maximum absolute atomic E-state index is 10.9. The Labute approximate surface area is 109 Å². The van der Waals surface area contributed by atoms with Gasteiger partial charge in [0.2, 0.25) is 3.92 Å². The monoisotopic (exact) mass is 354 g/mol. The lowest BCUT2D eigenvalue weighted by atomic mass is 10.2. The quantitative estimate of drug-likeness (QED) is 0.463. The van der Waals surface area contributed by atoms with E-state index in [1.54, 1.807) is 0 Å². The van der Waals surface area contributed by atoms with Crippen molar-refractivity contribution in [3.05, 3.63) is 35.9 Å². The molecule has 0 unspecified atom stereocenters. The lowest BCUT2D eigenvalue weighted by Crippen LogP contribution is -2.05. The first-order chi connectivity index (χ1) is 7.18. The van der Waals surface area contributed by atoms with Crippen molar-refractivity contribution < 1.29 is 13.7 Å². The van der Waals surface area contributed by atoms with E-state index >= 15 is 0 Å². The van der Waals surface area contributed by atoms with Crippen molar-refractivity contribution in [2.45, 2.75) is 9.68 Å². The van der Waals surface area contributed by atoms with E-state index in [0.717, 1.165) is 17.6 Å². The second kappa shape index (κ2) is 7.14. The van der Waals surface area contributed by atoms with E-state index < -0.39 is 10.1 Å². The molecule has 0 fully saturated rings. The zero-order chi connectivity index (χ0) is 11.1. The van der Waals surface area contributed by atoms with Crippen molar-refractivity contribution in [1.82, 2.24) is 0 Å². The van der Waals surface area contributed by atoms with Crippen LogP contribution in [0.2, 0.25) is 0 Å². The molecule has 1 aromatic rings. The minimum atomic E-state index is -0.727. The van der Waals surface area contributed by atoms with Gasteiger partial charge in [0.05, 0.1) is 17.8 Å². The highest BCUT2D eigenvalue weighted by Crippen LogP contribution is 2.16. The average Bonchev–Trinajstić information content (AvgIpc) is 2.18. The van der Waals surface area contributed by atoms with Gasteiger partial charge in [-0.15, -0.1) is 0 Å². The van der Waals surface area contributed by atoms with Gasteiger partial charge in [-0.1, -0.05) is 30.3 Å². The van der Waals surface area contributed by atoms with E-state index in [2.05, 4.69) is 36.6 Å². The van der Waals surface area contributed by atoms with E-state index in [9.17, 15) is 4.79 Å². The molecule has 1 aromatic carbocycles. The number of alkyl halides is 2. The molecular weight excluding hydrogens is 348 g/mol. The zero-order valence-electron chi connectivity index (χ0n) is 7.56. The highest BCUT2D eigenvalue weighted by Gasteiger charge is 2.08. The van der Waals surface area contributed by atoms with E-state index in [0.29, 0.717) is 5.75 Å². The number of benzene rings is 1. The van der Waals surface area contributed by atoms with Crippen LogP contribution < -0.4 is 0 Å². The van der Waals surface area contributed by atoms with Crippen molar-refractivity contribution in [1.29, 1.82) is 0 Å². The van der Waals surface area contributed by atoms with Crippen molar-refractivity contribution in [2.24, 2.45) is 0 Å². The first kappa shape index (κ1) is 12.9. The number of hydrogen-bond donors (Lipinski definition) is 0. The standard InChI is InChI=1S/C9H8Br2O3S/c10-8(11)13-9(12)14-15-6-7-4-2-1-3-5-7/h1-5,8H,6H2. The van der Waals surface area contributed by atoms with Gasteiger partial charge in [-0.25, -0.2) is 4.79 Å². The van der Waals surface area contributed by atoms with Crippen molar-refractivity contribution in [3.63, 3.8) is 0 Å². The Balaban J connectivity index is 2.19. The first-order valence-corrected chi connectivity index (χ1v) is 6.75. The minimum Gasteiger partial charge on any atom is -0.408 e. The Kier molecular flexibility index (Phi) is 6.12. The summed E-state index contributed by atoms with van der Waals surface area (Å²) in [5.41, 5.74) is 1.09. The third-order valence-electron chi connectivity index (χ3n) is 1.38. The first-order valence-electron chi connectivity index (χ1n) is 4.00. The SMILES string of the molecule is O=C(OSCc1ccccc1)OC(Br)Br. The van der Waals surface area contributed by atoms with Gasteiger partial charge in [-0.05, 0) is 37.4 Å². The molecule has 0 amide bonds. The van der Waals surface area contributed by atoms with Crippen LogP contribution in [-0.2, 0) is 14.7 Å². The molecule has 0 aliphatic carbocycles. The molecule has 6 heteroatoms. The van der Waals surface area contributed by atoms with Crippen molar-refractivity contribution in [3.8, 4) is 0 Å². The molecule has 82 valence electrons. The second-order valence-electron chi connectivity index (χ2n) is 2.46. The highest BCUT2D eigenvalue weighted by molar-refractivity contribution is 9.24. The zero-order valence-corrected chi connectivity index (χ0v) is 11.5.